The lowest BCUT2D eigenvalue weighted by atomic mass is 10.2. The molecule has 1 aromatic heterocycles. The molecule has 1 amide bonds. The fourth-order valence-corrected chi connectivity index (χ4v) is 3.92. The lowest BCUT2D eigenvalue weighted by Gasteiger charge is -2.14. The Morgan fingerprint density at radius 1 is 1.17 bits per heavy atom. The Morgan fingerprint density at radius 2 is 1.83 bits per heavy atom. The van der Waals surface area contributed by atoms with E-state index in [4.69, 9.17) is 11.5 Å². The first-order valence-electron chi connectivity index (χ1n) is 10.0. The number of benzene rings is 1. The number of alkyl halides is 3. The van der Waals surface area contributed by atoms with Crippen molar-refractivity contribution >= 4 is 33.9 Å². The van der Waals surface area contributed by atoms with Gasteiger partial charge in [-0.25, -0.2) is 8.42 Å². The van der Waals surface area contributed by atoms with E-state index in [0.29, 0.717) is 24.8 Å². The van der Waals surface area contributed by atoms with Crippen LogP contribution < -0.4 is 27.1 Å². The molecule has 15 heteroatoms. The standard InChI is InChI=1S/C20H23F3N6O5S/c21-20(22,23)13-5-7-15(8-6-13)35(33,34)28-16-4-2-10-29(18(16)32)11-17(31)27-14(12-30)3-1-9-26-19(24)25/h2,4-8,10,12,14,28H,1,3,9,11H2,(H,27,31)(H4,24,25,26)/t14-/m0/s1. The summed E-state index contributed by atoms with van der Waals surface area (Å²) in [5.74, 6) is -0.793. The monoisotopic (exact) mass is 516 g/mol. The molecular weight excluding hydrogens is 493 g/mol. The average Bonchev–Trinajstić information content (AvgIpc) is 2.77. The lowest BCUT2D eigenvalue weighted by molar-refractivity contribution is -0.137. The maximum Gasteiger partial charge on any atom is 0.416 e. The highest BCUT2D eigenvalue weighted by Crippen LogP contribution is 2.29. The van der Waals surface area contributed by atoms with Gasteiger partial charge in [0, 0.05) is 12.7 Å². The van der Waals surface area contributed by atoms with Crippen LogP contribution in [0.4, 0.5) is 18.9 Å². The molecule has 0 unspecified atom stereocenters. The Hall–Kier alpha value is -3.88. The summed E-state index contributed by atoms with van der Waals surface area (Å²) in [6, 6.07) is 4.29. The first-order chi connectivity index (χ1) is 16.3. The van der Waals surface area contributed by atoms with E-state index < -0.39 is 56.4 Å². The number of hydrogen-bond acceptors (Lipinski definition) is 6. The van der Waals surface area contributed by atoms with Crippen molar-refractivity contribution in [2.45, 2.75) is 36.5 Å². The Kier molecular flexibility index (Phi) is 8.99. The number of hydrogen-bond donors (Lipinski definition) is 4. The molecule has 0 fully saturated rings. The summed E-state index contributed by atoms with van der Waals surface area (Å²) in [6.07, 6.45) is -2.24. The van der Waals surface area contributed by atoms with E-state index >= 15 is 0 Å². The van der Waals surface area contributed by atoms with Crippen LogP contribution in [0.1, 0.15) is 18.4 Å². The number of carbonyl (C=O) groups excluding carboxylic acids is 2. The number of aliphatic imine (C=N–C) groups is 1. The number of amides is 1. The molecule has 2 aromatic rings. The van der Waals surface area contributed by atoms with Crippen LogP contribution in [-0.4, -0.2) is 43.7 Å². The van der Waals surface area contributed by atoms with Gasteiger partial charge in [-0.3, -0.25) is 19.3 Å². The molecule has 0 radical (unpaired) electrons. The number of rotatable bonds is 11. The summed E-state index contributed by atoms with van der Waals surface area (Å²) in [4.78, 5) is 39.4. The third-order valence-electron chi connectivity index (χ3n) is 4.55. The van der Waals surface area contributed by atoms with Gasteiger partial charge >= 0.3 is 6.18 Å². The molecule has 0 saturated carbocycles. The number of guanidine groups is 1. The molecule has 6 N–H and O–H groups in total. The largest absolute Gasteiger partial charge is 0.416 e. The number of nitrogens with zero attached hydrogens (tertiary/aromatic N) is 2. The summed E-state index contributed by atoms with van der Waals surface area (Å²) < 4.78 is 66.0. The van der Waals surface area contributed by atoms with Crippen molar-refractivity contribution in [3.63, 3.8) is 0 Å². The zero-order valence-corrected chi connectivity index (χ0v) is 19.0. The van der Waals surface area contributed by atoms with E-state index in [1.807, 2.05) is 4.72 Å². The molecule has 11 nitrogen and oxygen atoms in total. The Balaban J connectivity index is 2.09. The number of carbonyl (C=O) groups is 2. The third-order valence-corrected chi connectivity index (χ3v) is 5.93. The van der Waals surface area contributed by atoms with Crippen LogP contribution >= 0.6 is 0 Å². The minimum atomic E-state index is -4.64. The molecule has 0 aliphatic carbocycles. The van der Waals surface area contributed by atoms with Gasteiger partial charge in [-0.2, -0.15) is 13.2 Å². The van der Waals surface area contributed by atoms with E-state index in [0.717, 1.165) is 22.8 Å². The summed E-state index contributed by atoms with van der Waals surface area (Å²) in [7, 11) is -4.39. The summed E-state index contributed by atoms with van der Waals surface area (Å²) >= 11 is 0. The molecule has 1 aromatic carbocycles. The van der Waals surface area contributed by atoms with Crippen LogP contribution in [0.15, 0.2) is 57.3 Å². The zero-order chi connectivity index (χ0) is 26.2. The van der Waals surface area contributed by atoms with Gasteiger partial charge in [0.15, 0.2) is 5.96 Å². The predicted octanol–water partition coefficient (Wildman–Crippen LogP) is 0.405. The number of nitrogens with two attached hydrogens (primary N) is 2. The second-order valence-corrected chi connectivity index (χ2v) is 8.92. The normalized spacial score (nSPS) is 12.4. The fraction of sp³-hybridized carbons (Fsp3) is 0.300. The fourth-order valence-electron chi connectivity index (χ4n) is 2.87. The van der Waals surface area contributed by atoms with Crippen LogP contribution in [0.2, 0.25) is 0 Å². The zero-order valence-electron chi connectivity index (χ0n) is 18.2. The van der Waals surface area contributed by atoms with Crippen LogP contribution in [0.5, 0.6) is 0 Å². The molecule has 0 saturated heterocycles. The SMILES string of the molecule is NC(N)=NCCC[C@@H](C=O)NC(=O)Cn1cccc(NS(=O)(=O)c2ccc(C(F)(F)F)cc2)c1=O. The highest BCUT2D eigenvalue weighted by molar-refractivity contribution is 7.92. The minimum absolute atomic E-state index is 0.107. The van der Waals surface area contributed by atoms with Gasteiger partial charge < -0.3 is 26.1 Å². The minimum Gasteiger partial charge on any atom is -0.370 e. The third kappa shape index (κ3) is 8.13. The van der Waals surface area contributed by atoms with Crippen molar-refractivity contribution in [3.05, 3.63) is 58.5 Å². The van der Waals surface area contributed by atoms with Crippen LogP contribution in [0, 0.1) is 0 Å². The first kappa shape index (κ1) is 27.4. The van der Waals surface area contributed by atoms with Gasteiger partial charge in [0.05, 0.1) is 16.5 Å². The molecule has 1 heterocycles. The second kappa shape index (κ2) is 11.5. The van der Waals surface area contributed by atoms with Crippen molar-refractivity contribution in [2.24, 2.45) is 16.5 Å². The van der Waals surface area contributed by atoms with E-state index in [1.54, 1.807) is 0 Å². The van der Waals surface area contributed by atoms with E-state index in [2.05, 4.69) is 10.3 Å². The van der Waals surface area contributed by atoms with Gasteiger partial charge in [-0.05, 0) is 49.2 Å². The molecule has 0 bridgehead atoms. The summed E-state index contributed by atoms with van der Waals surface area (Å²) in [5, 5.41) is 2.43. The van der Waals surface area contributed by atoms with Gasteiger partial charge in [0.2, 0.25) is 5.91 Å². The maximum atomic E-state index is 12.7. The smallest absolute Gasteiger partial charge is 0.370 e. The molecule has 0 spiro atoms. The highest BCUT2D eigenvalue weighted by atomic mass is 32.2. The number of halogens is 3. The van der Waals surface area contributed by atoms with Crippen LogP contribution in [0.25, 0.3) is 0 Å². The van der Waals surface area contributed by atoms with Gasteiger partial charge in [0.25, 0.3) is 15.6 Å². The van der Waals surface area contributed by atoms with Crippen molar-refractivity contribution in [1.29, 1.82) is 0 Å². The molecule has 2 rings (SSSR count). The number of pyridine rings is 1. The van der Waals surface area contributed by atoms with Crippen molar-refractivity contribution < 1.29 is 31.2 Å². The van der Waals surface area contributed by atoms with E-state index in [1.165, 1.54) is 12.3 Å². The maximum absolute atomic E-state index is 12.7. The average molecular weight is 517 g/mol. The van der Waals surface area contributed by atoms with Crippen LogP contribution in [-0.2, 0) is 32.3 Å². The second-order valence-electron chi connectivity index (χ2n) is 7.24. The molecular formula is C20H23F3N6O5S. The number of aldehydes is 1. The summed E-state index contributed by atoms with van der Waals surface area (Å²) in [5.41, 5.74) is 8.06. The van der Waals surface area contributed by atoms with Crippen LogP contribution in [0.3, 0.4) is 0 Å². The van der Waals surface area contributed by atoms with Crippen molar-refractivity contribution in [2.75, 3.05) is 11.3 Å². The molecule has 190 valence electrons. The number of sulfonamides is 1. The Bertz CT molecular complexity index is 1240. The lowest BCUT2D eigenvalue weighted by Crippen LogP contribution is -2.40. The van der Waals surface area contributed by atoms with Gasteiger partial charge in [-0.1, -0.05) is 0 Å². The Morgan fingerprint density at radius 3 is 2.40 bits per heavy atom. The topological polar surface area (TPSA) is 179 Å². The summed E-state index contributed by atoms with van der Waals surface area (Å²) in [6.45, 7) is -0.268. The number of anilines is 1. The predicted molar refractivity (Wildman–Crippen MR) is 121 cm³/mol. The van der Waals surface area contributed by atoms with Gasteiger partial charge in [-0.15, -0.1) is 0 Å². The molecule has 0 aliphatic heterocycles. The van der Waals surface area contributed by atoms with E-state index in [9.17, 15) is 36.0 Å². The highest BCUT2D eigenvalue weighted by Gasteiger charge is 2.30. The van der Waals surface area contributed by atoms with Crippen molar-refractivity contribution in [3.8, 4) is 0 Å². The van der Waals surface area contributed by atoms with E-state index in [-0.39, 0.29) is 18.9 Å². The van der Waals surface area contributed by atoms with Crippen molar-refractivity contribution in [1.82, 2.24) is 9.88 Å². The molecule has 35 heavy (non-hydrogen) atoms. The number of nitrogens with one attached hydrogen (secondary N) is 2. The first-order valence-corrected chi connectivity index (χ1v) is 11.5. The van der Waals surface area contributed by atoms with Gasteiger partial charge in [0.1, 0.15) is 18.5 Å². The number of aromatic nitrogens is 1. The quantitative estimate of drug-likeness (QED) is 0.144. The Labute approximate surface area is 198 Å². The molecule has 0 aliphatic rings. The molecule has 1 atom stereocenters.